The van der Waals surface area contributed by atoms with E-state index in [1.54, 1.807) is 11.8 Å². The Kier molecular flexibility index (Phi) is 5.69. The number of para-hydroxylation sites is 1. The Morgan fingerprint density at radius 2 is 2.08 bits per heavy atom. The van der Waals surface area contributed by atoms with Crippen molar-refractivity contribution in [1.29, 1.82) is 0 Å². The van der Waals surface area contributed by atoms with Crippen LogP contribution in [0.1, 0.15) is 23.7 Å². The van der Waals surface area contributed by atoms with E-state index < -0.39 is 22.8 Å². The molecule has 0 bridgehead atoms. The van der Waals surface area contributed by atoms with Crippen LogP contribution in [0.15, 0.2) is 18.2 Å². The first-order chi connectivity index (χ1) is 11.5. The van der Waals surface area contributed by atoms with Crippen molar-refractivity contribution in [1.82, 2.24) is 5.32 Å². The predicted molar refractivity (Wildman–Crippen MR) is 85.3 cm³/mol. The van der Waals surface area contributed by atoms with Crippen molar-refractivity contribution in [2.75, 3.05) is 31.2 Å². The SMILES string of the molecule is CCC(NC(=O)c1cccc([N+](=O)[O-])c1N1CCOCC1)C(=O)O. The molecule has 2 N–H and O–H groups in total. The molecule has 1 aliphatic heterocycles. The number of carboxylic acid groups (broad SMARTS) is 1. The summed E-state index contributed by atoms with van der Waals surface area (Å²) in [6.07, 6.45) is 0.211. The van der Waals surface area contributed by atoms with Crippen LogP contribution >= 0.6 is 0 Å². The number of rotatable bonds is 6. The number of nitrogens with one attached hydrogen (secondary N) is 1. The van der Waals surface area contributed by atoms with E-state index in [2.05, 4.69) is 5.32 Å². The fourth-order valence-corrected chi connectivity index (χ4v) is 2.56. The van der Waals surface area contributed by atoms with Gasteiger partial charge in [-0.15, -0.1) is 0 Å². The monoisotopic (exact) mass is 337 g/mol. The first-order valence-corrected chi connectivity index (χ1v) is 7.59. The summed E-state index contributed by atoms with van der Waals surface area (Å²) in [5.41, 5.74) is 0.0993. The van der Waals surface area contributed by atoms with Crippen molar-refractivity contribution in [2.45, 2.75) is 19.4 Å². The molecule has 24 heavy (non-hydrogen) atoms. The molecule has 1 aromatic carbocycles. The van der Waals surface area contributed by atoms with Gasteiger partial charge in [-0.05, 0) is 12.5 Å². The quantitative estimate of drug-likeness (QED) is 0.587. The number of amides is 1. The highest BCUT2D eigenvalue weighted by atomic mass is 16.6. The van der Waals surface area contributed by atoms with Crippen LogP contribution in [0, 0.1) is 10.1 Å². The summed E-state index contributed by atoms with van der Waals surface area (Å²) in [7, 11) is 0. The fourth-order valence-electron chi connectivity index (χ4n) is 2.56. The molecule has 1 unspecified atom stereocenters. The van der Waals surface area contributed by atoms with E-state index in [-0.39, 0.29) is 23.4 Å². The third-order valence-corrected chi connectivity index (χ3v) is 3.80. The van der Waals surface area contributed by atoms with Crippen molar-refractivity contribution < 1.29 is 24.4 Å². The highest BCUT2D eigenvalue weighted by molar-refractivity contribution is 6.03. The van der Waals surface area contributed by atoms with E-state index in [1.807, 2.05) is 0 Å². The molecule has 0 aromatic heterocycles. The Balaban J connectivity index is 2.41. The van der Waals surface area contributed by atoms with Gasteiger partial charge < -0.3 is 20.1 Å². The molecule has 1 amide bonds. The average Bonchev–Trinajstić information content (AvgIpc) is 2.59. The molecule has 1 aromatic rings. The van der Waals surface area contributed by atoms with Gasteiger partial charge in [-0.3, -0.25) is 14.9 Å². The zero-order chi connectivity index (χ0) is 17.7. The minimum atomic E-state index is -1.15. The van der Waals surface area contributed by atoms with E-state index in [0.717, 1.165) is 0 Å². The van der Waals surface area contributed by atoms with Gasteiger partial charge in [0, 0.05) is 19.2 Å². The Morgan fingerprint density at radius 1 is 1.42 bits per heavy atom. The van der Waals surface area contributed by atoms with Gasteiger partial charge in [0.1, 0.15) is 11.7 Å². The minimum absolute atomic E-state index is 0.0887. The third kappa shape index (κ3) is 3.80. The van der Waals surface area contributed by atoms with E-state index in [0.29, 0.717) is 26.3 Å². The number of nitro groups is 1. The number of ether oxygens (including phenoxy) is 1. The summed E-state index contributed by atoms with van der Waals surface area (Å²) < 4.78 is 5.25. The smallest absolute Gasteiger partial charge is 0.326 e. The number of aliphatic carboxylic acids is 1. The van der Waals surface area contributed by atoms with Crippen LogP contribution in [-0.2, 0) is 9.53 Å². The Labute approximate surface area is 138 Å². The lowest BCUT2D eigenvalue weighted by molar-refractivity contribution is -0.384. The maximum atomic E-state index is 12.5. The molecule has 9 heteroatoms. The lowest BCUT2D eigenvalue weighted by Gasteiger charge is -2.30. The Hall–Kier alpha value is -2.68. The van der Waals surface area contributed by atoms with Gasteiger partial charge in [-0.25, -0.2) is 4.79 Å². The van der Waals surface area contributed by atoms with Gasteiger partial charge in [-0.1, -0.05) is 13.0 Å². The summed E-state index contributed by atoms with van der Waals surface area (Å²) >= 11 is 0. The van der Waals surface area contributed by atoms with E-state index in [9.17, 15) is 19.7 Å². The first-order valence-electron chi connectivity index (χ1n) is 7.59. The summed E-state index contributed by atoms with van der Waals surface area (Å²) in [5, 5.41) is 22.8. The van der Waals surface area contributed by atoms with Gasteiger partial charge in [0.15, 0.2) is 0 Å². The summed E-state index contributed by atoms with van der Waals surface area (Å²) in [5.74, 6) is -1.79. The lowest BCUT2D eigenvalue weighted by Crippen LogP contribution is -2.42. The Morgan fingerprint density at radius 3 is 2.62 bits per heavy atom. The normalized spacial score (nSPS) is 15.6. The molecule has 1 aliphatic rings. The average molecular weight is 337 g/mol. The summed E-state index contributed by atoms with van der Waals surface area (Å²) in [4.78, 5) is 36.1. The van der Waals surface area contributed by atoms with Crippen molar-refractivity contribution in [3.8, 4) is 0 Å². The number of anilines is 1. The van der Waals surface area contributed by atoms with E-state index in [1.165, 1.54) is 18.2 Å². The number of nitrogens with zero attached hydrogens (tertiary/aromatic N) is 2. The summed E-state index contributed by atoms with van der Waals surface area (Å²) in [6.45, 7) is 3.28. The predicted octanol–water partition coefficient (Wildman–Crippen LogP) is 1.02. The Bertz CT molecular complexity index is 642. The number of hydrogen-bond acceptors (Lipinski definition) is 6. The van der Waals surface area contributed by atoms with Gasteiger partial charge >= 0.3 is 5.97 Å². The standard InChI is InChI=1S/C15H19N3O6/c1-2-11(15(20)21)16-14(19)10-4-3-5-12(18(22)23)13(10)17-6-8-24-9-7-17/h3-5,11H,2,6-9H2,1H3,(H,16,19)(H,20,21). The maximum Gasteiger partial charge on any atom is 0.326 e. The number of carboxylic acids is 1. The van der Waals surface area contributed by atoms with Crippen molar-refractivity contribution in [3.05, 3.63) is 33.9 Å². The number of carbonyl (C=O) groups is 2. The second kappa shape index (κ2) is 7.73. The fraction of sp³-hybridized carbons (Fsp3) is 0.467. The van der Waals surface area contributed by atoms with Crippen LogP contribution in [0.3, 0.4) is 0 Å². The lowest BCUT2D eigenvalue weighted by atomic mass is 10.1. The van der Waals surface area contributed by atoms with E-state index >= 15 is 0 Å². The van der Waals surface area contributed by atoms with Gasteiger partial charge in [0.05, 0.1) is 23.7 Å². The van der Waals surface area contributed by atoms with Crippen LogP contribution in [0.25, 0.3) is 0 Å². The molecule has 1 heterocycles. The highest BCUT2D eigenvalue weighted by Crippen LogP contribution is 2.32. The number of benzene rings is 1. The van der Waals surface area contributed by atoms with Crippen molar-refractivity contribution >= 4 is 23.3 Å². The van der Waals surface area contributed by atoms with Crippen LogP contribution in [0.4, 0.5) is 11.4 Å². The topological polar surface area (TPSA) is 122 Å². The molecular formula is C15H19N3O6. The number of carbonyl (C=O) groups excluding carboxylic acids is 1. The molecule has 1 atom stereocenters. The minimum Gasteiger partial charge on any atom is -0.480 e. The molecule has 2 rings (SSSR count). The molecule has 9 nitrogen and oxygen atoms in total. The zero-order valence-corrected chi connectivity index (χ0v) is 13.2. The molecule has 0 radical (unpaired) electrons. The molecule has 0 spiro atoms. The largest absolute Gasteiger partial charge is 0.480 e. The third-order valence-electron chi connectivity index (χ3n) is 3.80. The van der Waals surface area contributed by atoms with Gasteiger partial charge in [0.25, 0.3) is 11.6 Å². The first kappa shape index (κ1) is 17.7. The van der Waals surface area contributed by atoms with E-state index in [4.69, 9.17) is 9.84 Å². The molecule has 0 aliphatic carbocycles. The number of nitro benzene ring substituents is 1. The van der Waals surface area contributed by atoms with Crippen LogP contribution in [-0.4, -0.2) is 54.3 Å². The van der Waals surface area contributed by atoms with Gasteiger partial charge in [0.2, 0.25) is 0 Å². The molecule has 1 saturated heterocycles. The number of morpholine rings is 1. The zero-order valence-electron chi connectivity index (χ0n) is 13.2. The van der Waals surface area contributed by atoms with Crippen LogP contribution in [0.5, 0.6) is 0 Å². The van der Waals surface area contributed by atoms with Crippen molar-refractivity contribution in [2.24, 2.45) is 0 Å². The summed E-state index contributed by atoms with van der Waals surface area (Å²) in [6, 6.07) is 3.16. The highest BCUT2D eigenvalue weighted by Gasteiger charge is 2.29. The molecular weight excluding hydrogens is 318 g/mol. The molecule has 0 saturated carbocycles. The number of hydrogen-bond donors (Lipinski definition) is 2. The van der Waals surface area contributed by atoms with Crippen LogP contribution < -0.4 is 10.2 Å². The van der Waals surface area contributed by atoms with Crippen molar-refractivity contribution in [3.63, 3.8) is 0 Å². The van der Waals surface area contributed by atoms with Crippen LogP contribution in [0.2, 0.25) is 0 Å². The molecule has 130 valence electrons. The second-order valence-electron chi connectivity index (χ2n) is 5.30. The maximum absolute atomic E-state index is 12.5. The molecule has 1 fully saturated rings. The van der Waals surface area contributed by atoms with Gasteiger partial charge in [-0.2, -0.15) is 0 Å². The second-order valence-corrected chi connectivity index (χ2v) is 5.30.